The summed E-state index contributed by atoms with van der Waals surface area (Å²) in [5.41, 5.74) is 0. The van der Waals surface area contributed by atoms with Crippen molar-refractivity contribution in [2.24, 2.45) is 0 Å². The molecule has 206 valence electrons. The van der Waals surface area contributed by atoms with Gasteiger partial charge in [-0.3, -0.25) is 4.79 Å². The fourth-order valence-electron chi connectivity index (χ4n) is 4.29. The summed E-state index contributed by atoms with van der Waals surface area (Å²) in [6, 6.07) is -0.619. The zero-order chi connectivity index (χ0) is 25.8. The molecule has 0 aliphatic carbocycles. The van der Waals surface area contributed by atoms with Crippen LogP contribution in [0.1, 0.15) is 149 Å². The summed E-state index contributed by atoms with van der Waals surface area (Å²) in [6.45, 7) is 4.24. The number of carbonyl (C=O) groups is 1. The van der Waals surface area contributed by atoms with Gasteiger partial charge in [-0.15, -0.1) is 0 Å². The molecule has 0 fully saturated rings. The fourth-order valence-corrected chi connectivity index (χ4v) is 4.29. The summed E-state index contributed by atoms with van der Waals surface area (Å²) in [5, 5.41) is 22.7. The first-order valence-corrected chi connectivity index (χ1v) is 15.1. The number of hydrogen-bond donors (Lipinski definition) is 3. The van der Waals surface area contributed by atoms with Gasteiger partial charge in [0.25, 0.3) is 0 Å². The standard InChI is InChI=1S/C31H59NO3/c1-3-5-7-9-11-13-15-16-17-19-21-23-25-27-31(35)32-29(28-33)30(34)26-24-22-20-18-14-12-10-8-6-4-2/h13,15,24,26,29-30,33-34H,3-12,14,16-23,25,27-28H2,1-2H3,(H,32,35)/b15-13-,26-24+. The minimum absolute atomic E-state index is 0.0782. The third-order valence-corrected chi connectivity index (χ3v) is 6.68. The van der Waals surface area contributed by atoms with Crippen LogP contribution in [0, 0.1) is 0 Å². The van der Waals surface area contributed by atoms with E-state index in [9.17, 15) is 15.0 Å². The van der Waals surface area contributed by atoms with E-state index in [2.05, 4.69) is 31.3 Å². The molecule has 0 aromatic rings. The summed E-state index contributed by atoms with van der Waals surface area (Å²) < 4.78 is 0. The van der Waals surface area contributed by atoms with E-state index in [-0.39, 0.29) is 12.5 Å². The topological polar surface area (TPSA) is 69.6 Å². The molecule has 0 aromatic carbocycles. The molecule has 4 nitrogen and oxygen atoms in total. The second-order valence-electron chi connectivity index (χ2n) is 10.2. The molecule has 2 atom stereocenters. The number of amides is 1. The van der Waals surface area contributed by atoms with Crippen LogP contribution in [-0.4, -0.2) is 34.9 Å². The van der Waals surface area contributed by atoms with Gasteiger partial charge < -0.3 is 15.5 Å². The summed E-state index contributed by atoms with van der Waals surface area (Å²) >= 11 is 0. The van der Waals surface area contributed by atoms with Crippen LogP contribution < -0.4 is 5.32 Å². The number of carbonyl (C=O) groups excluding carboxylic acids is 1. The molecular weight excluding hydrogens is 434 g/mol. The minimum atomic E-state index is -0.835. The van der Waals surface area contributed by atoms with Crippen molar-refractivity contribution in [1.82, 2.24) is 5.32 Å². The monoisotopic (exact) mass is 493 g/mol. The highest BCUT2D eigenvalue weighted by Crippen LogP contribution is 2.11. The second kappa shape index (κ2) is 27.5. The van der Waals surface area contributed by atoms with Gasteiger partial charge in [-0.2, -0.15) is 0 Å². The fraction of sp³-hybridized carbons (Fsp3) is 0.839. The van der Waals surface area contributed by atoms with Gasteiger partial charge in [0.1, 0.15) is 0 Å². The molecule has 0 aromatic heterocycles. The Morgan fingerprint density at radius 1 is 0.657 bits per heavy atom. The highest BCUT2D eigenvalue weighted by molar-refractivity contribution is 5.76. The van der Waals surface area contributed by atoms with Crippen LogP contribution in [0.25, 0.3) is 0 Å². The van der Waals surface area contributed by atoms with E-state index in [4.69, 9.17) is 0 Å². The van der Waals surface area contributed by atoms with Gasteiger partial charge in [0.15, 0.2) is 0 Å². The molecule has 0 heterocycles. The first kappa shape index (κ1) is 33.9. The third kappa shape index (κ3) is 24.3. The Morgan fingerprint density at radius 2 is 1.09 bits per heavy atom. The first-order valence-electron chi connectivity index (χ1n) is 15.1. The van der Waals surface area contributed by atoms with Crippen LogP contribution in [0.2, 0.25) is 0 Å². The molecule has 0 saturated heterocycles. The van der Waals surface area contributed by atoms with E-state index in [0.29, 0.717) is 6.42 Å². The lowest BCUT2D eigenvalue weighted by atomic mass is 10.1. The van der Waals surface area contributed by atoms with Crippen molar-refractivity contribution in [2.45, 2.75) is 161 Å². The highest BCUT2D eigenvalue weighted by atomic mass is 16.3. The lowest BCUT2D eigenvalue weighted by Crippen LogP contribution is -2.45. The molecule has 35 heavy (non-hydrogen) atoms. The molecule has 1 amide bonds. The summed E-state index contributed by atoms with van der Waals surface area (Å²) in [4.78, 5) is 12.2. The lowest BCUT2D eigenvalue weighted by molar-refractivity contribution is -0.123. The van der Waals surface area contributed by atoms with Crippen LogP contribution >= 0.6 is 0 Å². The maximum Gasteiger partial charge on any atom is 0.220 e. The van der Waals surface area contributed by atoms with Gasteiger partial charge in [0.05, 0.1) is 18.8 Å². The molecule has 0 bridgehead atoms. The number of aliphatic hydroxyl groups is 2. The zero-order valence-corrected chi connectivity index (χ0v) is 23.3. The van der Waals surface area contributed by atoms with Crippen molar-refractivity contribution in [3.63, 3.8) is 0 Å². The van der Waals surface area contributed by atoms with E-state index in [1.165, 1.54) is 89.9 Å². The largest absolute Gasteiger partial charge is 0.394 e. The van der Waals surface area contributed by atoms with E-state index in [1.807, 2.05) is 6.08 Å². The molecule has 0 spiro atoms. The normalized spacial score (nSPS) is 13.6. The first-order chi connectivity index (χ1) is 17.2. The van der Waals surface area contributed by atoms with E-state index >= 15 is 0 Å². The molecule has 0 radical (unpaired) electrons. The quantitative estimate of drug-likeness (QED) is 0.0840. The highest BCUT2D eigenvalue weighted by Gasteiger charge is 2.17. The smallest absolute Gasteiger partial charge is 0.220 e. The SMILES string of the molecule is CCCCCC/C=C\CCCCCCCC(=O)NC(CO)C(O)/C=C/CCCCCCCCCC. The van der Waals surface area contributed by atoms with Crippen molar-refractivity contribution >= 4 is 5.91 Å². The predicted octanol–water partition coefficient (Wildman–Crippen LogP) is 8.17. The van der Waals surface area contributed by atoms with Gasteiger partial charge in [-0.1, -0.05) is 122 Å². The number of nitrogens with one attached hydrogen (secondary N) is 1. The summed E-state index contributed by atoms with van der Waals surface area (Å²) in [6.07, 6.45) is 32.4. The predicted molar refractivity (Wildman–Crippen MR) is 152 cm³/mol. The Hall–Kier alpha value is -1.13. The third-order valence-electron chi connectivity index (χ3n) is 6.68. The van der Waals surface area contributed by atoms with Crippen LogP contribution in [0.3, 0.4) is 0 Å². The van der Waals surface area contributed by atoms with Gasteiger partial charge >= 0.3 is 0 Å². The lowest BCUT2D eigenvalue weighted by Gasteiger charge is -2.20. The van der Waals surface area contributed by atoms with Crippen molar-refractivity contribution in [3.05, 3.63) is 24.3 Å². The van der Waals surface area contributed by atoms with Crippen LogP contribution in [0.4, 0.5) is 0 Å². The number of allylic oxidation sites excluding steroid dienone is 3. The second-order valence-corrected chi connectivity index (χ2v) is 10.2. The Bertz CT molecular complexity index is 503. The Balaban J connectivity index is 3.71. The maximum atomic E-state index is 12.2. The van der Waals surface area contributed by atoms with Crippen molar-refractivity contribution in [3.8, 4) is 0 Å². The number of rotatable bonds is 26. The minimum Gasteiger partial charge on any atom is -0.394 e. The summed E-state index contributed by atoms with van der Waals surface area (Å²) in [7, 11) is 0. The van der Waals surface area contributed by atoms with E-state index in [0.717, 1.165) is 38.5 Å². The van der Waals surface area contributed by atoms with Crippen molar-refractivity contribution in [1.29, 1.82) is 0 Å². The van der Waals surface area contributed by atoms with Crippen molar-refractivity contribution in [2.75, 3.05) is 6.61 Å². The van der Waals surface area contributed by atoms with E-state index < -0.39 is 12.1 Å². The van der Waals surface area contributed by atoms with Gasteiger partial charge in [-0.05, 0) is 44.9 Å². The van der Waals surface area contributed by atoms with E-state index in [1.54, 1.807) is 6.08 Å². The molecule has 2 unspecified atom stereocenters. The van der Waals surface area contributed by atoms with Crippen LogP contribution in [-0.2, 0) is 4.79 Å². The Kier molecular flexibility index (Phi) is 26.6. The average molecular weight is 494 g/mol. The van der Waals surface area contributed by atoms with Crippen LogP contribution in [0.5, 0.6) is 0 Å². The van der Waals surface area contributed by atoms with Gasteiger partial charge in [0.2, 0.25) is 5.91 Å². The van der Waals surface area contributed by atoms with Gasteiger partial charge in [-0.25, -0.2) is 0 Å². The van der Waals surface area contributed by atoms with Gasteiger partial charge in [0, 0.05) is 6.42 Å². The number of hydrogen-bond acceptors (Lipinski definition) is 3. The Morgan fingerprint density at radius 3 is 1.60 bits per heavy atom. The van der Waals surface area contributed by atoms with Crippen LogP contribution in [0.15, 0.2) is 24.3 Å². The molecule has 0 rings (SSSR count). The number of unbranched alkanes of at least 4 members (excludes halogenated alkanes) is 17. The zero-order valence-electron chi connectivity index (χ0n) is 23.3. The average Bonchev–Trinajstić information content (AvgIpc) is 2.86. The maximum absolute atomic E-state index is 12.2. The summed E-state index contributed by atoms with van der Waals surface area (Å²) in [5.74, 6) is -0.0782. The molecule has 0 aliphatic rings. The molecule has 4 heteroatoms. The molecule has 0 aliphatic heterocycles. The molecular formula is C31H59NO3. The molecule has 0 saturated carbocycles. The Labute approximate surface area is 218 Å². The number of aliphatic hydroxyl groups excluding tert-OH is 2. The van der Waals surface area contributed by atoms with Crippen molar-refractivity contribution < 1.29 is 15.0 Å². The molecule has 3 N–H and O–H groups in total.